The summed E-state index contributed by atoms with van der Waals surface area (Å²) in [4.78, 5) is 0. The van der Waals surface area contributed by atoms with Gasteiger partial charge in [-0.05, 0) is 19.1 Å². The van der Waals surface area contributed by atoms with Crippen molar-refractivity contribution < 1.29 is 23.0 Å². The zero-order chi connectivity index (χ0) is 15.5. The van der Waals surface area contributed by atoms with Crippen molar-refractivity contribution in [2.45, 2.75) is 19.0 Å². The monoisotopic (exact) mass is 296 g/mol. The Morgan fingerprint density at radius 1 is 1.14 bits per heavy atom. The van der Waals surface area contributed by atoms with E-state index in [1.807, 2.05) is 0 Å². The number of ether oxygens (including phenoxy) is 1. The third-order valence-electron chi connectivity index (χ3n) is 3.04. The minimum atomic E-state index is -3.17. The van der Waals surface area contributed by atoms with Gasteiger partial charge in [0.25, 0.3) is 0 Å². The number of hydrogen-bond donors (Lipinski definition) is 1. The normalized spacial score (nSPS) is 13.0. The zero-order valence-electron chi connectivity index (χ0n) is 11.4. The molecule has 0 aromatic heterocycles. The standard InChI is InChI=1S/C16H15F3O2/c1-11(20)14-8-7-13(9-15(14)17)21-10-16(18,19)12-5-3-2-4-6-12/h2-9,11,20H,10H2,1H3/t11-/m0/s1. The second-order valence-electron chi connectivity index (χ2n) is 4.72. The van der Waals surface area contributed by atoms with Crippen molar-refractivity contribution in [3.05, 3.63) is 65.5 Å². The van der Waals surface area contributed by atoms with Crippen molar-refractivity contribution in [2.24, 2.45) is 0 Å². The van der Waals surface area contributed by atoms with Gasteiger partial charge in [0, 0.05) is 17.2 Å². The summed E-state index contributed by atoms with van der Waals surface area (Å²) in [6, 6.07) is 10.9. The Bertz CT molecular complexity index is 598. The molecule has 2 rings (SSSR count). The van der Waals surface area contributed by atoms with Gasteiger partial charge < -0.3 is 9.84 Å². The van der Waals surface area contributed by atoms with Crippen LogP contribution in [0.5, 0.6) is 5.75 Å². The number of aliphatic hydroxyl groups excluding tert-OH is 1. The molecule has 0 spiro atoms. The average molecular weight is 296 g/mol. The van der Waals surface area contributed by atoms with Crippen LogP contribution in [0.2, 0.25) is 0 Å². The van der Waals surface area contributed by atoms with Gasteiger partial charge in [-0.1, -0.05) is 30.3 Å². The van der Waals surface area contributed by atoms with E-state index in [1.165, 1.54) is 43.3 Å². The highest BCUT2D eigenvalue weighted by Gasteiger charge is 2.32. The smallest absolute Gasteiger partial charge is 0.306 e. The first-order valence-corrected chi connectivity index (χ1v) is 6.44. The maximum absolute atomic E-state index is 13.9. The van der Waals surface area contributed by atoms with Crippen LogP contribution in [0.4, 0.5) is 13.2 Å². The molecule has 0 saturated carbocycles. The minimum Gasteiger partial charge on any atom is -0.487 e. The molecule has 1 N–H and O–H groups in total. The summed E-state index contributed by atoms with van der Waals surface area (Å²) < 4.78 is 46.4. The lowest BCUT2D eigenvalue weighted by Gasteiger charge is -2.18. The molecule has 112 valence electrons. The van der Waals surface area contributed by atoms with E-state index in [2.05, 4.69) is 0 Å². The molecule has 0 aliphatic rings. The Hall–Kier alpha value is -2.01. The number of rotatable bonds is 5. The molecule has 0 aliphatic carbocycles. The van der Waals surface area contributed by atoms with E-state index in [0.29, 0.717) is 0 Å². The highest BCUT2D eigenvalue weighted by atomic mass is 19.3. The number of aliphatic hydroxyl groups is 1. The number of hydrogen-bond acceptors (Lipinski definition) is 2. The molecule has 5 heteroatoms. The Morgan fingerprint density at radius 2 is 1.81 bits per heavy atom. The maximum atomic E-state index is 13.9. The third kappa shape index (κ3) is 3.76. The number of benzene rings is 2. The molecular weight excluding hydrogens is 281 g/mol. The van der Waals surface area contributed by atoms with E-state index < -0.39 is 24.5 Å². The lowest BCUT2D eigenvalue weighted by Crippen LogP contribution is -2.23. The summed E-state index contributed by atoms with van der Waals surface area (Å²) in [5.74, 6) is -3.86. The van der Waals surface area contributed by atoms with Crippen LogP contribution in [0.15, 0.2) is 48.5 Å². The van der Waals surface area contributed by atoms with Gasteiger partial charge in [-0.3, -0.25) is 0 Å². The zero-order valence-corrected chi connectivity index (χ0v) is 11.4. The van der Waals surface area contributed by atoms with E-state index in [-0.39, 0.29) is 16.9 Å². The summed E-state index contributed by atoms with van der Waals surface area (Å²) >= 11 is 0. The van der Waals surface area contributed by atoms with Crippen LogP contribution >= 0.6 is 0 Å². The maximum Gasteiger partial charge on any atom is 0.306 e. The van der Waals surface area contributed by atoms with Gasteiger partial charge in [0.2, 0.25) is 0 Å². The fourth-order valence-electron chi connectivity index (χ4n) is 1.88. The van der Waals surface area contributed by atoms with E-state index >= 15 is 0 Å². The first kappa shape index (κ1) is 15.4. The predicted molar refractivity (Wildman–Crippen MR) is 72.9 cm³/mol. The van der Waals surface area contributed by atoms with Gasteiger partial charge in [-0.15, -0.1) is 0 Å². The fraction of sp³-hybridized carbons (Fsp3) is 0.250. The molecular formula is C16H15F3O2. The quantitative estimate of drug-likeness (QED) is 0.902. The third-order valence-corrected chi connectivity index (χ3v) is 3.04. The van der Waals surface area contributed by atoms with E-state index in [9.17, 15) is 18.3 Å². The van der Waals surface area contributed by atoms with Crippen molar-refractivity contribution >= 4 is 0 Å². The summed E-state index contributed by atoms with van der Waals surface area (Å²) in [5.41, 5.74) is -0.0664. The van der Waals surface area contributed by atoms with Crippen LogP contribution in [-0.2, 0) is 5.92 Å². The molecule has 0 aliphatic heterocycles. The first-order chi connectivity index (χ1) is 9.90. The summed E-state index contributed by atoms with van der Waals surface area (Å²) in [6.45, 7) is 0.535. The fourth-order valence-corrected chi connectivity index (χ4v) is 1.88. The van der Waals surface area contributed by atoms with Gasteiger partial charge in [-0.2, -0.15) is 8.78 Å². The molecule has 0 saturated heterocycles. The van der Waals surface area contributed by atoms with Crippen molar-refractivity contribution in [3.63, 3.8) is 0 Å². The summed E-state index contributed by atoms with van der Waals surface area (Å²) in [7, 11) is 0. The predicted octanol–water partition coefficient (Wildman–Crippen LogP) is 4.05. The number of halogens is 3. The molecule has 2 aromatic carbocycles. The van der Waals surface area contributed by atoms with Gasteiger partial charge >= 0.3 is 5.92 Å². The van der Waals surface area contributed by atoms with Crippen LogP contribution in [0.25, 0.3) is 0 Å². The second-order valence-corrected chi connectivity index (χ2v) is 4.72. The second kappa shape index (κ2) is 6.18. The Kier molecular flexibility index (Phi) is 4.53. The van der Waals surface area contributed by atoms with Crippen LogP contribution in [0, 0.1) is 5.82 Å². The van der Waals surface area contributed by atoms with Gasteiger partial charge in [0.05, 0.1) is 6.10 Å². The molecule has 2 aromatic rings. The average Bonchev–Trinajstić information content (AvgIpc) is 2.46. The van der Waals surface area contributed by atoms with Gasteiger partial charge in [0.15, 0.2) is 6.61 Å². The van der Waals surface area contributed by atoms with E-state index in [1.54, 1.807) is 6.07 Å². The molecule has 0 radical (unpaired) electrons. The summed E-state index contributed by atoms with van der Waals surface area (Å²) in [6.07, 6.45) is -0.968. The Morgan fingerprint density at radius 3 is 2.38 bits per heavy atom. The van der Waals surface area contributed by atoms with E-state index in [0.717, 1.165) is 6.07 Å². The van der Waals surface area contributed by atoms with E-state index in [4.69, 9.17) is 4.74 Å². The first-order valence-electron chi connectivity index (χ1n) is 6.44. The SMILES string of the molecule is C[C@H](O)c1ccc(OCC(F)(F)c2ccccc2)cc1F. The molecule has 0 bridgehead atoms. The summed E-state index contributed by atoms with van der Waals surface area (Å²) in [5, 5.41) is 9.30. The van der Waals surface area contributed by atoms with Crippen LogP contribution < -0.4 is 4.74 Å². The molecule has 21 heavy (non-hydrogen) atoms. The molecule has 0 fully saturated rings. The lowest BCUT2D eigenvalue weighted by atomic mass is 10.1. The van der Waals surface area contributed by atoms with Crippen molar-refractivity contribution in [1.29, 1.82) is 0 Å². The molecule has 2 nitrogen and oxygen atoms in total. The number of alkyl halides is 2. The van der Waals surface area contributed by atoms with Crippen LogP contribution in [0.3, 0.4) is 0 Å². The molecule has 1 atom stereocenters. The van der Waals surface area contributed by atoms with Gasteiger partial charge in [-0.25, -0.2) is 4.39 Å². The van der Waals surface area contributed by atoms with Crippen molar-refractivity contribution in [1.82, 2.24) is 0 Å². The van der Waals surface area contributed by atoms with Crippen molar-refractivity contribution in [2.75, 3.05) is 6.61 Å². The minimum absolute atomic E-state index is 0.00694. The lowest BCUT2D eigenvalue weighted by molar-refractivity contribution is -0.0468. The molecule has 0 heterocycles. The van der Waals surface area contributed by atoms with Crippen LogP contribution in [0.1, 0.15) is 24.2 Å². The molecule has 0 unspecified atom stereocenters. The Labute approximate surface area is 120 Å². The van der Waals surface area contributed by atoms with Crippen molar-refractivity contribution in [3.8, 4) is 5.75 Å². The Balaban J connectivity index is 2.08. The highest BCUT2D eigenvalue weighted by Crippen LogP contribution is 2.29. The van der Waals surface area contributed by atoms with Crippen LogP contribution in [-0.4, -0.2) is 11.7 Å². The molecule has 0 amide bonds. The largest absolute Gasteiger partial charge is 0.487 e. The highest BCUT2D eigenvalue weighted by molar-refractivity contribution is 5.30. The topological polar surface area (TPSA) is 29.5 Å². The van der Waals surface area contributed by atoms with Gasteiger partial charge in [0.1, 0.15) is 11.6 Å².